The number of nitrogens with zero attached hydrogens (tertiary/aromatic N) is 1. The first-order chi connectivity index (χ1) is 8.16. The second kappa shape index (κ2) is 5.15. The van der Waals surface area contributed by atoms with E-state index in [2.05, 4.69) is 10.3 Å². The number of benzene rings is 1. The Morgan fingerprint density at radius 1 is 1.29 bits per heavy atom. The van der Waals surface area contributed by atoms with Crippen molar-refractivity contribution in [3.63, 3.8) is 0 Å². The summed E-state index contributed by atoms with van der Waals surface area (Å²) in [6.45, 7) is 1.94. The van der Waals surface area contributed by atoms with E-state index in [0.29, 0.717) is 5.15 Å². The van der Waals surface area contributed by atoms with Gasteiger partial charge in [-0.2, -0.15) is 0 Å². The Morgan fingerprint density at radius 3 is 2.82 bits per heavy atom. The number of hydrogen-bond acceptors (Lipinski definition) is 2. The van der Waals surface area contributed by atoms with Gasteiger partial charge in [0, 0.05) is 12.2 Å². The van der Waals surface area contributed by atoms with Crippen LogP contribution in [-0.4, -0.2) is 4.98 Å². The SMILES string of the molecule is CC(Nc1cccnc1Cl)c1cccc(F)c1. The Kier molecular flexibility index (Phi) is 3.59. The van der Waals surface area contributed by atoms with Gasteiger partial charge in [-0.25, -0.2) is 9.37 Å². The van der Waals surface area contributed by atoms with Crippen LogP contribution in [0.25, 0.3) is 0 Å². The van der Waals surface area contributed by atoms with Crippen molar-refractivity contribution in [2.75, 3.05) is 5.32 Å². The summed E-state index contributed by atoms with van der Waals surface area (Å²) in [5, 5.41) is 3.61. The van der Waals surface area contributed by atoms with E-state index in [0.717, 1.165) is 11.3 Å². The van der Waals surface area contributed by atoms with E-state index in [9.17, 15) is 4.39 Å². The Bertz CT molecular complexity index is 516. The molecule has 4 heteroatoms. The van der Waals surface area contributed by atoms with E-state index in [-0.39, 0.29) is 11.9 Å². The Hall–Kier alpha value is -1.61. The van der Waals surface area contributed by atoms with Crippen molar-refractivity contribution < 1.29 is 4.39 Å². The molecule has 1 N–H and O–H groups in total. The number of rotatable bonds is 3. The summed E-state index contributed by atoms with van der Waals surface area (Å²) in [4.78, 5) is 3.97. The van der Waals surface area contributed by atoms with Crippen molar-refractivity contribution in [3.05, 3.63) is 59.1 Å². The van der Waals surface area contributed by atoms with Gasteiger partial charge in [0.05, 0.1) is 5.69 Å². The van der Waals surface area contributed by atoms with Crippen LogP contribution in [0, 0.1) is 5.82 Å². The third-order valence-corrected chi connectivity index (χ3v) is 2.78. The highest BCUT2D eigenvalue weighted by atomic mass is 35.5. The molecule has 2 nitrogen and oxygen atoms in total. The average molecular weight is 251 g/mol. The summed E-state index contributed by atoms with van der Waals surface area (Å²) in [5.74, 6) is -0.242. The van der Waals surface area contributed by atoms with Crippen LogP contribution in [0.2, 0.25) is 5.15 Å². The van der Waals surface area contributed by atoms with Gasteiger partial charge < -0.3 is 5.32 Å². The van der Waals surface area contributed by atoms with Gasteiger partial charge in [-0.3, -0.25) is 0 Å². The quantitative estimate of drug-likeness (QED) is 0.832. The summed E-state index contributed by atoms with van der Waals surface area (Å²) in [6, 6.07) is 10.1. The van der Waals surface area contributed by atoms with E-state index in [1.54, 1.807) is 18.3 Å². The number of hydrogen-bond donors (Lipinski definition) is 1. The molecule has 0 fully saturated rings. The maximum atomic E-state index is 13.1. The van der Waals surface area contributed by atoms with Crippen LogP contribution >= 0.6 is 11.6 Å². The standard InChI is InChI=1S/C13H12ClFN2/c1-9(10-4-2-5-11(15)8-10)17-12-6-3-7-16-13(12)14/h2-9,17H,1H3. The van der Waals surface area contributed by atoms with Gasteiger partial charge in [-0.05, 0) is 36.8 Å². The molecule has 1 aromatic heterocycles. The van der Waals surface area contributed by atoms with E-state index in [1.165, 1.54) is 12.1 Å². The van der Waals surface area contributed by atoms with Crippen molar-refractivity contribution in [1.82, 2.24) is 4.98 Å². The number of aromatic nitrogens is 1. The van der Waals surface area contributed by atoms with Crippen LogP contribution in [0.3, 0.4) is 0 Å². The van der Waals surface area contributed by atoms with Crippen LogP contribution in [0.15, 0.2) is 42.6 Å². The average Bonchev–Trinajstić information content (AvgIpc) is 2.32. The smallest absolute Gasteiger partial charge is 0.152 e. The third-order valence-electron chi connectivity index (χ3n) is 2.48. The molecule has 2 aromatic rings. The van der Waals surface area contributed by atoms with Crippen molar-refractivity contribution in [1.29, 1.82) is 0 Å². The second-order valence-corrected chi connectivity index (χ2v) is 4.12. The van der Waals surface area contributed by atoms with E-state index >= 15 is 0 Å². The molecular formula is C13H12ClFN2. The minimum Gasteiger partial charge on any atom is -0.376 e. The van der Waals surface area contributed by atoms with Gasteiger partial charge in [0.15, 0.2) is 5.15 Å². The topological polar surface area (TPSA) is 24.9 Å². The van der Waals surface area contributed by atoms with Crippen molar-refractivity contribution in [2.24, 2.45) is 0 Å². The van der Waals surface area contributed by atoms with Gasteiger partial charge in [-0.15, -0.1) is 0 Å². The molecule has 1 aromatic carbocycles. The van der Waals surface area contributed by atoms with Crippen LogP contribution in [0.4, 0.5) is 10.1 Å². The minimum absolute atomic E-state index is 0.0348. The Labute approximate surface area is 104 Å². The van der Waals surface area contributed by atoms with Gasteiger partial charge in [-0.1, -0.05) is 23.7 Å². The summed E-state index contributed by atoms with van der Waals surface area (Å²) in [5.41, 5.74) is 1.61. The van der Waals surface area contributed by atoms with Gasteiger partial charge >= 0.3 is 0 Å². The molecule has 0 amide bonds. The molecule has 0 saturated carbocycles. The monoisotopic (exact) mass is 250 g/mol. The van der Waals surface area contributed by atoms with Crippen LogP contribution < -0.4 is 5.32 Å². The highest BCUT2D eigenvalue weighted by Crippen LogP contribution is 2.24. The van der Waals surface area contributed by atoms with Crippen molar-refractivity contribution in [3.8, 4) is 0 Å². The fourth-order valence-corrected chi connectivity index (χ4v) is 1.76. The van der Waals surface area contributed by atoms with Crippen LogP contribution in [0.1, 0.15) is 18.5 Å². The molecule has 0 bridgehead atoms. The fourth-order valence-electron chi connectivity index (χ4n) is 1.59. The molecule has 0 radical (unpaired) electrons. The lowest BCUT2D eigenvalue weighted by Gasteiger charge is -2.16. The molecule has 0 aliphatic carbocycles. The molecule has 2 rings (SSSR count). The molecule has 0 spiro atoms. The zero-order valence-corrected chi connectivity index (χ0v) is 10.1. The summed E-state index contributed by atoms with van der Waals surface area (Å²) in [6.07, 6.45) is 1.63. The second-order valence-electron chi connectivity index (χ2n) is 3.76. The van der Waals surface area contributed by atoms with Crippen LogP contribution in [0.5, 0.6) is 0 Å². The lowest BCUT2D eigenvalue weighted by atomic mass is 10.1. The summed E-state index contributed by atoms with van der Waals surface area (Å²) >= 11 is 5.94. The number of pyridine rings is 1. The first kappa shape index (κ1) is 11.9. The molecular weight excluding hydrogens is 239 g/mol. The summed E-state index contributed by atoms with van der Waals surface area (Å²) in [7, 11) is 0. The molecule has 0 saturated heterocycles. The summed E-state index contributed by atoms with van der Waals surface area (Å²) < 4.78 is 13.1. The number of anilines is 1. The van der Waals surface area contributed by atoms with Crippen LogP contribution in [-0.2, 0) is 0 Å². The largest absolute Gasteiger partial charge is 0.376 e. The third kappa shape index (κ3) is 2.94. The Morgan fingerprint density at radius 2 is 2.12 bits per heavy atom. The molecule has 0 aliphatic heterocycles. The molecule has 0 aliphatic rings. The minimum atomic E-state index is -0.242. The van der Waals surface area contributed by atoms with E-state index < -0.39 is 0 Å². The molecule has 88 valence electrons. The number of halogens is 2. The maximum Gasteiger partial charge on any atom is 0.152 e. The van der Waals surface area contributed by atoms with Gasteiger partial charge in [0.25, 0.3) is 0 Å². The highest BCUT2D eigenvalue weighted by molar-refractivity contribution is 6.31. The predicted molar refractivity (Wildman–Crippen MR) is 67.7 cm³/mol. The zero-order valence-electron chi connectivity index (χ0n) is 9.32. The molecule has 1 unspecified atom stereocenters. The lowest BCUT2D eigenvalue weighted by molar-refractivity contribution is 0.623. The lowest BCUT2D eigenvalue weighted by Crippen LogP contribution is -2.07. The van der Waals surface area contributed by atoms with Gasteiger partial charge in [0.1, 0.15) is 5.82 Å². The van der Waals surface area contributed by atoms with E-state index in [4.69, 9.17) is 11.6 Å². The van der Waals surface area contributed by atoms with Crippen molar-refractivity contribution in [2.45, 2.75) is 13.0 Å². The number of nitrogens with one attached hydrogen (secondary N) is 1. The molecule has 1 heterocycles. The fraction of sp³-hybridized carbons (Fsp3) is 0.154. The van der Waals surface area contributed by atoms with Crippen molar-refractivity contribution >= 4 is 17.3 Å². The maximum absolute atomic E-state index is 13.1. The normalized spacial score (nSPS) is 12.2. The Balaban J connectivity index is 2.17. The highest BCUT2D eigenvalue weighted by Gasteiger charge is 2.08. The van der Waals surface area contributed by atoms with Gasteiger partial charge in [0.2, 0.25) is 0 Å². The molecule has 17 heavy (non-hydrogen) atoms. The first-order valence-corrected chi connectivity index (χ1v) is 5.67. The molecule has 1 atom stereocenters. The predicted octanol–water partition coefficient (Wildman–Crippen LogP) is 4.05. The van der Waals surface area contributed by atoms with E-state index in [1.807, 2.05) is 19.1 Å². The first-order valence-electron chi connectivity index (χ1n) is 5.29. The zero-order chi connectivity index (χ0) is 12.3.